The Morgan fingerprint density at radius 2 is 1.84 bits per heavy atom. The summed E-state index contributed by atoms with van der Waals surface area (Å²) in [6, 6.07) is 18.6. The highest BCUT2D eigenvalue weighted by molar-refractivity contribution is 5.69. The van der Waals surface area contributed by atoms with Crippen molar-refractivity contribution < 1.29 is 4.74 Å². The zero-order valence-electron chi connectivity index (χ0n) is 18.7. The molecule has 0 fully saturated rings. The van der Waals surface area contributed by atoms with Crippen molar-refractivity contribution in [1.29, 1.82) is 0 Å². The summed E-state index contributed by atoms with van der Waals surface area (Å²) in [5.74, 6) is 0.865. The molecule has 0 radical (unpaired) electrons. The number of hydrogen-bond donors (Lipinski definition) is 2. The number of rotatable bonds is 9. The Labute approximate surface area is 190 Å². The van der Waals surface area contributed by atoms with Crippen LogP contribution in [-0.2, 0) is 13.2 Å². The molecule has 0 atom stereocenters. The predicted molar refractivity (Wildman–Crippen MR) is 133 cm³/mol. The number of hydrogen-bond acceptors (Lipinski definition) is 3. The molecule has 4 N–H and O–H groups in total. The molecule has 0 unspecified atom stereocenters. The van der Waals surface area contributed by atoms with E-state index in [4.69, 9.17) is 16.2 Å². The van der Waals surface area contributed by atoms with Crippen molar-refractivity contribution in [2.24, 2.45) is 11.5 Å². The van der Waals surface area contributed by atoms with Gasteiger partial charge in [-0.15, -0.1) is 0 Å². The number of fused-ring (bicyclic) bond motifs is 1. The molecule has 0 amide bonds. The SMILES string of the molecule is NCCCCCn1cc(-c2cccc(OCc3ccccc3)c2)c2/c1=C\C=C/CC\C=2N. The van der Waals surface area contributed by atoms with Crippen LogP contribution in [-0.4, -0.2) is 11.1 Å². The molecule has 4 rings (SSSR count). The molecule has 1 aromatic heterocycles. The zero-order valence-corrected chi connectivity index (χ0v) is 18.7. The number of ether oxygens (including phenoxy) is 1. The van der Waals surface area contributed by atoms with E-state index < -0.39 is 0 Å². The van der Waals surface area contributed by atoms with Crippen LogP contribution >= 0.6 is 0 Å². The zero-order chi connectivity index (χ0) is 22.2. The normalized spacial score (nSPS) is 17.0. The van der Waals surface area contributed by atoms with Crippen molar-refractivity contribution in [3.63, 3.8) is 0 Å². The van der Waals surface area contributed by atoms with Gasteiger partial charge in [0, 0.05) is 29.2 Å². The number of nitrogens with zero attached hydrogens (tertiary/aromatic N) is 1. The standard InChI is InChI=1S/C28H33N3O/c29-17-8-3-9-18-31-20-25(28-26(30)15-6-2-7-16-27(28)31)23-13-10-14-24(19-23)32-21-22-11-4-1-5-12-22/h1-2,4-5,7,10-14,16,19-20H,3,6,8-9,15,17-18,21,29-30H2/b7-2-,27-16+,28-26+. The van der Waals surface area contributed by atoms with E-state index in [1.54, 1.807) is 0 Å². The van der Waals surface area contributed by atoms with Gasteiger partial charge >= 0.3 is 0 Å². The Morgan fingerprint density at radius 1 is 0.969 bits per heavy atom. The van der Waals surface area contributed by atoms with Gasteiger partial charge in [0.2, 0.25) is 0 Å². The molecule has 0 saturated heterocycles. The van der Waals surface area contributed by atoms with E-state index in [1.807, 2.05) is 24.3 Å². The lowest BCUT2D eigenvalue weighted by atomic mass is 10.0. The van der Waals surface area contributed by atoms with Crippen LogP contribution in [0.3, 0.4) is 0 Å². The topological polar surface area (TPSA) is 66.2 Å². The number of unbranched alkanes of at least 4 members (excludes halogenated alkanes) is 2. The van der Waals surface area contributed by atoms with Crippen LogP contribution in [0.1, 0.15) is 37.7 Å². The first-order valence-corrected chi connectivity index (χ1v) is 11.6. The molecule has 0 aliphatic heterocycles. The summed E-state index contributed by atoms with van der Waals surface area (Å²) in [5.41, 5.74) is 16.7. The van der Waals surface area contributed by atoms with Crippen molar-refractivity contribution >= 4 is 11.8 Å². The number of aromatic nitrogens is 1. The Balaban J connectivity index is 1.68. The van der Waals surface area contributed by atoms with E-state index in [0.29, 0.717) is 6.61 Å². The maximum atomic E-state index is 6.62. The van der Waals surface area contributed by atoms with Crippen molar-refractivity contribution in [2.75, 3.05) is 6.54 Å². The van der Waals surface area contributed by atoms with Gasteiger partial charge in [0.05, 0.1) is 5.35 Å². The smallest absolute Gasteiger partial charge is 0.120 e. The Hall–Kier alpha value is -3.24. The first-order valence-electron chi connectivity index (χ1n) is 11.6. The Kier molecular flexibility index (Phi) is 7.47. The molecular formula is C28H33N3O. The molecule has 4 nitrogen and oxygen atoms in total. The fraction of sp³-hybridized carbons (Fsp3) is 0.286. The lowest BCUT2D eigenvalue weighted by Crippen LogP contribution is -2.34. The third-order valence-electron chi connectivity index (χ3n) is 5.91. The Bertz CT molecular complexity index is 1180. The van der Waals surface area contributed by atoms with Gasteiger partial charge in [-0.25, -0.2) is 0 Å². The molecular weight excluding hydrogens is 394 g/mol. The molecule has 1 aliphatic carbocycles. The van der Waals surface area contributed by atoms with Gasteiger partial charge in [0.1, 0.15) is 12.4 Å². The van der Waals surface area contributed by atoms with Gasteiger partial charge in [-0.3, -0.25) is 0 Å². The minimum atomic E-state index is 0.553. The van der Waals surface area contributed by atoms with Crippen molar-refractivity contribution in [3.8, 4) is 16.9 Å². The lowest BCUT2D eigenvalue weighted by Gasteiger charge is -2.08. The number of nitrogens with two attached hydrogens (primary N) is 2. The lowest BCUT2D eigenvalue weighted by molar-refractivity contribution is 0.306. The minimum absolute atomic E-state index is 0.553. The van der Waals surface area contributed by atoms with E-state index in [9.17, 15) is 0 Å². The second kappa shape index (κ2) is 10.9. The maximum absolute atomic E-state index is 6.62. The van der Waals surface area contributed by atoms with Crippen LogP contribution in [0, 0.1) is 0 Å². The van der Waals surface area contributed by atoms with Crippen LogP contribution in [0.4, 0.5) is 0 Å². The van der Waals surface area contributed by atoms with Crippen LogP contribution in [0.5, 0.6) is 5.75 Å². The fourth-order valence-electron chi connectivity index (χ4n) is 4.21. The van der Waals surface area contributed by atoms with Crippen LogP contribution in [0.15, 0.2) is 72.9 Å². The van der Waals surface area contributed by atoms with E-state index in [1.165, 1.54) is 10.9 Å². The number of aryl methyl sites for hydroxylation is 1. The molecule has 1 aliphatic rings. The molecule has 2 aromatic carbocycles. The van der Waals surface area contributed by atoms with Crippen molar-refractivity contribution in [2.45, 2.75) is 45.3 Å². The van der Waals surface area contributed by atoms with Gasteiger partial charge in [0.15, 0.2) is 0 Å². The van der Waals surface area contributed by atoms with E-state index in [2.05, 4.69) is 59.3 Å². The highest BCUT2D eigenvalue weighted by atomic mass is 16.5. The third kappa shape index (κ3) is 5.32. The summed E-state index contributed by atoms with van der Waals surface area (Å²) in [5, 5.41) is 2.35. The monoisotopic (exact) mass is 427 g/mol. The first-order chi connectivity index (χ1) is 15.8. The third-order valence-corrected chi connectivity index (χ3v) is 5.91. The summed E-state index contributed by atoms with van der Waals surface area (Å²) < 4.78 is 8.44. The molecule has 166 valence electrons. The van der Waals surface area contributed by atoms with Crippen LogP contribution < -0.4 is 26.8 Å². The molecule has 32 heavy (non-hydrogen) atoms. The average molecular weight is 428 g/mol. The van der Waals surface area contributed by atoms with Gasteiger partial charge in [-0.2, -0.15) is 0 Å². The minimum Gasteiger partial charge on any atom is -0.489 e. The van der Waals surface area contributed by atoms with Crippen molar-refractivity contribution in [1.82, 2.24) is 4.57 Å². The maximum Gasteiger partial charge on any atom is 0.120 e. The summed E-state index contributed by atoms with van der Waals surface area (Å²) in [4.78, 5) is 0. The molecule has 1 heterocycles. The number of allylic oxidation sites excluding steroid dienone is 2. The largest absolute Gasteiger partial charge is 0.489 e. The van der Waals surface area contributed by atoms with E-state index >= 15 is 0 Å². The van der Waals surface area contributed by atoms with E-state index in [0.717, 1.165) is 73.0 Å². The molecule has 0 saturated carbocycles. The van der Waals surface area contributed by atoms with Crippen LogP contribution in [0.25, 0.3) is 22.9 Å². The molecule has 0 spiro atoms. The van der Waals surface area contributed by atoms with Gasteiger partial charge < -0.3 is 20.8 Å². The summed E-state index contributed by atoms with van der Waals surface area (Å²) in [6.07, 6.45) is 13.9. The fourth-order valence-corrected chi connectivity index (χ4v) is 4.21. The Morgan fingerprint density at radius 3 is 2.69 bits per heavy atom. The summed E-state index contributed by atoms with van der Waals surface area (Å²) >= 11 is 0. The summed E-state index contributed by atoms with van der Waals surface area (Å²) in [6.45, 7) is 2.27. The molecule has 4 heteroatoms. The highest BCUT2D eigenvalue weighted by Crippen LogP contribution is 2.23. The van der Waals surface area contributed by atoms with Crippen molar-refractivity contribution in [3.05, 3.63) is 89.1 Å². The first kappa shape index (κ1) is 22.0. The molecule has 3 aromatic rings. The number of benzene rings is 2. The van der Waals surface area contributed by atoms with Gasteiger partial charge in [0.25, 0.3) is 0 Å². The quantitative estimate of drug-likeness (QED) is 0.506. The average Bonchev–Trinajstić information content (AvgIpc) is 3.17. The highest BCUT2D eigenvalue weighted by Gasteiger charge is 2.12. The van der Waals surface area contributed by atoms with Crippen LogP contribution in [0.2, 0.25) is 0 Å². The van der Waals surface area contributed by atoms with Gasteiger partial charge in [-0.1, -0.05) is 61.0 Å². The summed E-state index contributed by atoms with van der Waals surface area (Å²) in [7, 11) is 0. The molecule has 0 bridgehead atoms. The second-order valence-electron chi connectivity index (χ2n) is 8.31. The predicted octanol–water partition coefficient (Wildman–Crippen LogP) is 4.06. The second-order valence-corrected chi connectivity index (χ2v) is 8.31. The van der Waals surface area contributed by atoms with E-state index in [-0.39, 0.29) is 0 Å². The van der Waals surface area contributed by atoms with Gasteiger partial charge in [-0.05, 0) is 61.6 Å².